The molecule has 4 nitrogen and oxygen atoms in total. The Kier molecular flexibility index (Phi) is 2.31. The van der Waals surface area contributed by atoms with Crippen LogP contribution in [0.3, 0.4) is 0 Å². The Morgan fingerprint density at radius 1 is 1.50 bits per heavy atom. The highest BCUT2D eigenvalue weighted by atomic mass is 16.5. The molecule has 0 saturated heterocycles. The third-order valence-electron chi connectivity index (χ3n) is 3.29. The zero-order chi connectivity index (χ0) is 10.2. The maximum atomic E-state index is 8.84. The van der Waals surface area contributed by atoms with Crippen LogP contribution in [0.5, 0.6) is 0 Å². The summed E-state index contributed by atoms with van der Waals surface area (Å²) in [6.45, 7) is 4.11. The Hall–Kier alpha value is -0.900. The van der Waals surface area contributed by atoms with Crippen LogP contribution in [-0.4, -0.2) is 15.2 Å². The van der Waals surface area contributed by atoms with Crippen molar-refractivity contribution in [2.24, 2.45) is 5.92 Å². The van der Waals surface area contributed by atoms with Crippen molar-refractivity contribution in [2.45, 2.75) is 45.1 Å². The molecular formula is C10H16N2O2. The highest BCUT2D eigenvalue weighted by molar-refractivity contribution is 5.05. The smallest absolute Gasteiger partial charge is 0.232 e. The van der Waals surface area contributed by atoms with Gasteiger partial charge in [0.15, 0.2) is 5.82 Å². The van der Waals surface area contributed by atoms with Crippen molar-refractivity contribution in [3.8, 4) is 0 Å². The fraction of sp³-hybridized carbons (Fsp3) is 0.800. The van der Waals surface area contributed by atoms with Gasteiger partial charge in [0.2, 0.25) is 5.89 Å². The van der Waals surface area contributed by atoms with Crippen molar-refractivity contribution in [1.29, 1.82) is 0 Å². The van der Waals surface area contributed by atoms with Gasteiger partial charge in [-0.1, -0.05) is 25.4 Å². The van der Waals surface area contributed by atoms with E-state index in [0.29, 0.717) is 17.6 Å². The van der Waals surface area contributed by atoms with Crippen LogP contribution in [0.25, 0.3) is 0 Å². The molecule has 78 valence electrons. The minimum absolute atomic E-state index is 0.0430. The van der Waals surface area contributed by atoms with Crippen LogP contribution in [0.15, 0.2) is 4.52 Å². The molecule has 0 radical (unpaired) electrons. The molecular weight excluding hydrogens is 180 g/mol. The van der Waals surface area contributed by atoms with E-state index in [9.17, 15) is 0 Å². The van der Waals surface area contributed by atoms with Crippen molar-refractivity contribution in [1.82, 2.24) is 10.1 Å². The summed E-state index contributed by atoms with van der Waals surface area (Å²) >= 11 is 0. The number of hydrogen-bond donors (Lipinski definition) is 1. The normalized spacial score (nSPS) is 18.2. The molecule has 0 amide bonds. The summed E-state index contributed by atoms with van der Waals surface area (Å²) in [6, 6.07) is 0. The molecule has 1 aliphatic carbocycles. The van der Waals surface area contributed by atoms with Crippen LogP contribution >= 0.6 is 0 Å². The van der Waals surface area contributed by atoms with Gasteiger partial charge in [0.25, 0.3) is 0 Å². The molecule has 0 aliphatic heterocycles. The van der Waals surface area contributed by atoms with Gasteiger partial charge in [-0.25, -0.2) is 0 Å². The van der Waals surface area contributed by atoms with Gasteiger partial charge < -0.3 is 9.63 Å². The number of aliphatic hydroxyl groups excluding tert-OH is 1. The van der Waals surface area contributed by atoms with Gasteiger partial charge in [-0.2, -0.15) is 4.98 Å². The van der Waals surface area contributed by atoms with E-state index >= 15 is 0 Å². The summed E-state index contributed by atoms with van der Waals surface area (Å²) in [4.78, 5) is 4.18. The average molecular weight is 196 g/mol. The number of rotatable bonds is 3. The van der Waals surface area contributed by atoms with E-state index in [1.807, 2.05) is 0 Å². The molecule has 0 spiro atoms. The topological polar surface area (TPSA) is 59.2 Å². The van der Waals surface area contributed by atoms with Gasteiger partial charge in [-0.3, -0.25) is 0 Å². The minimum Gasteiger partial charge on any atom is -0.388 e. The first-order chi connectivity index (χ1) is 6.64. The maximum Gasteiger partial charge on any atom is 0.232 e. The molecule has 0 atom stereocenters. The molecule has 14 heavy (non-hydrogen) atoms. The number of hydrogen-bond acceptors (Lipinski definition) is 4. The second-order valence-corrected chi connectivity index (χ2v) is 4.52. The summed E-state index contributed by atoms with van der Waals surface area (Å²) in [5, 5.41) is 12.5. The second-order valence-electron chi connectivity index (χ2n) is 4.52. The number of aliphatic hydroxyl groups is 1. The van der Waals surface area contributed by atoms with Gasteiger partial charge in [0, 0.05) is 5.41 Å². The van der Waals surface area contributed by atoms with E-state index in [1.165, 1.54) is 19.3 Å². The molecule has 0 unspecified atom stereocenters. The molecule has 4 heteroatoms. The van der Waals surface area contributed by atoms with Crippen molar-refractivity contribution in [3.63, 3.8) is 0 Å². The van der Waals surface area contributed by atoms with Gasteiger partial charge in [0.05, 0.1) is 0 Å². The predicted molar refractivity (Wildman–Crippen MR) is 50.6 cm³/mol. The second kappa shape index (κ2) is 3.35. The Bertz CT molecular complexity index is 316. The third-order valence-corrected chi connectivity index (χ3v) is 3.29. The molecule has 1 aromatic heterocycles. The lowest BCUT2D eigenvalue weighted by Crippen LogP contribution is -2.33. The standard InChI is InChI=1S/C10H16N2O2/c1-10(2,7-4-3-5-7)9-11-8(6-13)12-14-9/h7,13H,3-6H2,1-2H3. The zero-order valence-corrected chi connectivity index (χ0v) is 8.66. The fourth-order valence-electron chi connectivity index (χ4n) is 1.88. The van der Waals surface area contributed by atoms with Crippen LogP contribution in [0.1, 0.15) is 44.8 Å². The molecule has 1 fully saturated rings. The van der Waals surface area contributed by atoms with Crippen molar-refractivity contribution < 1.29 is 9.63 Å². The molecule has 1 heterocycles. The molecule has 2 rings (SSSR count). The summed E-state index contributed by atoms with van der Waals surface area (Å²) in [5.41, 5.74) is -0.0430. The maximum absolute atomic E-state index is 8.84. The fourth-order valence-corrected chi connectivity index (χ4v) is 1.88. The highest BCUT2D eigenvalue weighted by Crippen LogP contribution is 2.42. The first-order valence-corrected chi connectivity index (χ1v) is 5.08. The summed E-state index contributed by atoms with van der Waals surface area (Å²) in [7, 11) is 0. The van der Waals surface area contributed by atoms with Crippen molar-refractivity contribution in [3.05, 3.63) is 11.7 Å². The van der Waals surface area contributed by atoms with Crippen LogP contribution in [-0.2, 0) is 12.0 Å². The lowest BCUT2D eigenvalue weighted by atomic mass is 9.67. The summed E-state index contributed by atoms with van der Waals surface area (Å²) in [6.07, 6.45) is 3.78. The average Bonchev–Trinajstić information content (AvgIpc) is 2.47. The highest BCUT2D eigenvalue weighted by Gasteiger charge is 2.39. The van der Waals surface area contributed by atoms with E-state index in [1.54, 1.807) is 0 Å². The minimum atomic E-state index is -0.149. The summed E-state index contributed by atoms with van der Waals surface area (Å²) in [5.74, 6) is 1.69. The van der Waals surface area contributed by atoms with Crippen LogP contribution < -0.4 is 0 Å². The molecule has 1 aromatic rings. The van der Waals surface area contributed by atoms with E-state index in [2.05, 4.69) is 24.0 Å². The van der Waals surface area contributed by atoms with E-state index in [-0.39, 0.29) is 12.0 Å². The Labute approximate surface area is 83.3 Å². The molecule has 0 bridgehead atoms. The largest absolute Gasteiger partial charge is 0.388 e. The van der Waals surface area contributed by atoms with E-state index in [4.69, 9.17) is 9.63 Å². The first kappa shape index (κ1) is 9.65. The van der Waals surface area contributed by atoms with Crippen molar-refractivity contribution in [2.75, 3.05) is 0 Å². The third kappa shape index (κ3) is 1.43. The van der Waals surface area contributed by atoms with Crippen LogP contribution in [0.2, 0.25) is 0 Å². The SMILES string of the molecule is CC(C)(c1nc(CO)no1)C1CCC1. The van der Waals surface area contributed by atoms with E-state index < -0.39 is 0 Å². The zero-order valence-electron chi connectivity index (χ0n) is 8.66. The Morgan fingerprint density at radius 3 is 2.64 bits per heavy atom. The molecule has 1 saturated carbocycles. The first-order valence-electron chi connectivity index (χ1n) is 5.08. The van der Waals surface area contributed by atoms with Gasteiger partial charge in [0.1, 0.15) is 6.61 Å². The van der Waals surface area contributed by atoms with Crippen LogP contribution in [0.4, 0.5) is 0 Å². The number of aromatic nitrogens is 2. The Morgan fingerprint density at radius 2 is 2.21 bits per heavy atom. The monoisotopic (exact) mass is 196 g/mol. The molecule has 1 N–H and O–H groups in total. The predicted octanol–water partition coefficient (Wildman–Crippen LogP) is 1.64. The quantitative estimate of drug-likeness (QED) is 0.798. The van der Waals surface area contributed by atoms with Gasteiger partial charge in [-0.15, -0.1) is 0 Å². The van der Waals surface area contributed by atoms with Gasteiger partial charge in [-0.05, 0) is 18.8 Å². The van der Waals surface area contributed by atoms with E-state index in [0.717, 1.165) is 0 Å². The Balaban J connectivity index is 2.19. The lowest BCUT2D eigenvalue weighted by molar-refractivity contribution is 0.153. The van der Waals surface area contributed by atoms with Crippen LogP contribution in [0, 0.1) is 5.92 Å². The summed E-state index contributed by atoms with van der Waals surface area (Å²) < 4.78 is 5.16. The molecule has 0 aromatic carbocycles. The van der Waals surface area contributed by atoms with Gasteiger partial charge >= 0.3 is 0 Å². The van der Waals surface area contributed by atoms with Crippen molar-refractivity contribution >= 4 is 0 Å². The number of nitrogens with zero attached hydrogens (tertiary/aromatic N) is 2. The lowest BCUT2D eigenvalue weighted by Gasteiger charge is -2.37. The molecule has 1 aliphatic rings.